The van der Waals surface area contributed by atoms with E-state index in [-0.39, 0.29) is 10.5 Å². The molecule has 194 valence electrons. The second kappa shape index (κ2) is 11.6. The van der Waals surface area contributed by atoms with Gasteiger partial charge >= 0.3 is 0 Å². The number of allylic oxidation sites excluding steroid dienone is 2. The van der Waals surface area contributed by atoms with Gasteiger partial charge in [-0.1, -0.05) is 89.6 Å². The molecule has 4 aliphatic rings. The van der Waals surface area contributed by atoms with Crippen molar-refractivity contribution in [3.63, 3.8) is 0 Å². The molecular formula is C31H51ClOS. The third-order valence-electron chi connectivity index (χ3n) is 11.1. The number of hydrogen-bond donors (Lipinski definition) is 0. The van der Waals surface area contributed by atoms with E-state index in [0.29, 0.717) is 16.1 Å². The molecule has 0 aromatic heterocycles. The minimum absolute atomic E-state index is 0.197. The Morgan fingerprint density at radius 3 is 2.56 bits per heavy atom. The van der Waals surface area contributed by atoms with Gasteiger partial charge in [-0.3, -0.25) is 4.79 Å². The van der Waals surface area contributed by atoms with Crippen molar-refractivity contribution in [3.05, 3.63) is 11.6 Å². The zero-order valence-corrected chi connectivity index (χ0v) is 24.1. The van der Waals surface area contributed by atoms with Gasteiger partial charge in [0.25, 0.3) is 0 Å². The van der Waals surface area contributed by atoms with Gasteiger partial charge < -0.3 is 0 Å². The van der Waals surface area contributed by atoms with Gasteiger partial charge in [0.2, 0.25) is 5.12 Å². The van der Waals surface area contributed by atoms with Crippen LogP contribution in [0.1, 0.15) is 130 Å². The lowest BCUT2D eigenvalue weighted by Crippen LogP contribution is -2.50. The van der Waals surface area contributed by atoms with E-state index in [2.05, 4.69) is 26.8 Å². The predicted octanol–water partition coefficient (Wildman–Crippen LogP) is 9.96. The van der Waals surface area contributed by atoms with E-state index in [1.807, 2.05) is 6.92 Å². The molecule has 0 aromatic carbocycles. The summed E-state index contributed by atoms with van der Waals surface area (Å²) < 4.78 is 0. The SMILES string of the molecule is CCCCCCCC[C@@H]1CC[C@@H]2[C@@H]3CC=C4C[C@@H](SC(=O)[C@H](Cl)CC)CC[C@]4(C)[C@@H]3CC[C@]12C. The Morgan fingerprint density at radius 1 is 1.03 bits per heavy atom. The van der Waals surface area contributed by atoms with Crippen molar-refractivity contribution in [2.75, 3.05) is 0 Å². The van der Waals surface area contributed by atoms with Crippen LogP contribution >= 0.6 is 23.4 Å². The molecular weight excluding hydrogens is 456 g/mol. The molecule has 3 heteroatoms. The van der Waals surface area contributed by atoms with Crippen molar-refractivity contribution >= 4 is 28.5 Å². The quantitative estimate of drug-likeness (QED) is 0.166. The number of hydrogen-bond acceptors (Lipinski definition) is 2. The second-order valence-electron chi connectivity index (χ2n) is 12.8. The summed E-state index contributed by atoms with van der Waals surface area (Å²) in [5.41, 5.74) is 2.67. The Labute approximate surface area is 220 Å². The Bertz CT molecular complexity index is 733. The van der Waals surface area contributed by atoms with Crippen LogP contribution in [-0.4, -0.2) is 15.7 Å². The number of carbonyl (C=O) groups excluding carboxylic acids is 1. The molecule has 4 aliphatic carbocycles. The van der Waals surface area contributed by atoms with E-state index in [1.165, 1.54) is 89.9 Å². The summed E-state index contributed by atoms with van der Waals surface area (Å²) in [6, 6.07) is 0. The van der Waals surface area contributed by atoms with Crippen molar-refractivity contribution in [3.8, 4) is 0 Å². The molecule has 4 rings (SSSR count). The molecule has 1 nitrogen and oxygen atoms in total. The standard InChI is InChI=1S/C31H51ClOS/c1-5-7-8-9-10-11-12-22-14-16-26-25-15-13-23-21-24(34-29(33)28(32)6-2)17-19-31(23,4)27(25)18-20-30(22,26)3/h13,22,24-28H,5-12,14-21H2,1-4H3/t22-,24+,25+,26-,27-,28-,30-,31+/m1/s1. The molecule has 0 amide bonds. The molecule has 3 fully saturated rings. The maximum absolute atomic E-state index is 12.5. The third kappa shape index (κ3) is 5.34. The fraction of sp³-hybridized carbons (Fsp3) is 0.903. The second-order valence-corrected chi connectivity index (χ2v) is 14.6. The largest absolute Gasteiger partial charge is 0.286 e. The van der Waals surface area contributed by atoms with Crippen LogP contribution in [0.5, 0.6) is 0 Å². The summed E-state index contributed by atoms with van der Waals surface area (Å²) in [6.07, 6.45) is 24.2. The molecule has 0 radical (unpaired) electrons. The number of fused-ring (bicyclic) bond motifs is 5. The molecule has 0 bridgehead atoms. The van der Waals surface area contributed by atoms with Crippen molar-refractivity contribution in [2.24, 2.45) is 34.5 Å². The monoisotopic (exact) mass is 506 g/mol. The van der Waals surface area contributed by atoms with Crippen LogP contribution in [0.2, 0.25) is 0 Å². The Hall–Kier alpha value is 0.0500. The number of rotatable bonds is 10. The van der Waals surface area contributed by atoms with Crippen molar-refractivity contribution < 1.29 is 4.79 Å². The van der Waals surface area contributed by atoms with Crippen LogP contribution in [0, 0.1) is 34.5 Å². The van der Waals surface area contributed by atoms with Crippen LogP contribution in [0.15, 0.2) is 11.6 Å². The summed E-state index contributed by atoms with van der Waals surface area (Å²) >= 11 is 7.80. The zero-order chi connectivity index (χ0) is 24.3. The number of alkyl halides is 1. The first kappa shape index (κ1) is 27.1. The molecule has 8 atom stereocenters. The Kier molecular flexibility index (Phi) is 9.26. The number of thioether (sulfide) groups is 1. The highest BCUT2D eigenvalue weighted by Gasteiger charge is 2.58. The maximum atomic E-state index is 12.5. The predicted molar refractivity (Wildman–Crippen MR) is 150 cm³/mol. The Balaban J connectivity index is 1.37. The van der Waals surface area contributed by atoms with Crippen LogP contribution in [0.4, 0.5) is 0 Å². The van der Waals surface area contributed by atoms with Gasteiger partial charge in [-0.05, 0) is 98.7 Å². The van der Waals surface area contributed by atoms with Gasteiger partial charge in [-0.2, -0.15) is 0 Å². The molecule has 0 aliphatic heterocycles. The van der Waals surface area contributed by atoms with Crippen LogP contribution in [0.3, 0.4) is 0 Å². The summed E-state index contributed by atoms with van der Waals surface area (Å²) in [7, 11) is 0. The minimum Gasteiger partial charge on any atom is -0.286 e. The molecule has 34 heavy (non-hydrogen) atoms. The highest BCUT2D eigenvalue weighted by molar-refractivity contribution is 8.14. The number of halogens is 1. The highest BCUT2D eigenvalue weighted by atomic mass is 35.5. The van der Waals surface area contributed by atoms with E-state index in [0.717, 1.165) is 36.5 Å². The number of unbranched alkanes of at least 4 members (excludes halogenated alkanes) is 5. The summed E-state index contributed by atoms with van der Waals surface area (Å²) in [4.78, 5) is 12.5. The average molecular weight is 507 g/mol. The molecule has 0 unspecified atom stereocenters. The van der Waals surface area contributed by atoms with Gasteiger partial charge in [0.15, 0.2) is 0 Å². The highest BCUT2D eigenvalue weighted by Crippen LogP contribution is 2.67. The smallest absolute Gasteiger partial charge is 0.207 e. The van der Waals surface area contributed by atoms with Crippen LogP contribution in [0.25, 0.3) is 0 Å². The fourth-order valence-corrected chi connectivity index (χ4v) is 10.2. The summed E-state index contributed by atoms with van der Waals surface area (Å²) in [5.74, 6) is 3.70. The van der Waals surface area contributed by atoms with Crippen molar-refractivity contribution in [1.82, 2.24) is 0 Å². The number of carbonyl (C=O) groups is 1. The first-order chi connectivity index (χ1) is 16.3. The normalized spacial score (nSPS) is 40.1. The molecule has 0 aromatic rings. The van der Waals surface area contributed by atoms with E-state index in [9.17, 15) is 4.79 Å². The van der Waals surface area contributed by atoms with Crippen molar-refractivity contribution in [2.45, 2.75) is 141 Å². The summed E-state index contributed by atoms with van der Waals surface area (Å²) in [6.45, 7) is 9.62. The first-order valence-electron chi connectivity index (χ1n) is 14.9. The van der Waals surface area contributed by atoms with E-state index in [1.54, 1.807) is 17.3 Å². The van der Waals surface area contributed by atoms with Crippen LogP contribution in [-0.2, 0) is 4.79 Å². The molecule has 0 spiro atoms. The van der Waals surface area contributed by atoms with Gasteiger partial charge in [0.05, 0.1) is 0 Å². The lowest BCUT2D eigenvalue weighted by molar-refractivity contribution is -0.110. The lowest BCUT2D eigenvalue weighted by Gasteiger charge is -2.58. The molecule has 0 N–H and O–H groups in total. The third-order valence-corrected chi connectivity index (χ3v) is 12.9. The summed E-state index contributed by atoms with van der Waals surface area (Å²) in [5, 5.41) is 0.326. The first-order valence-corrected chi connectivity index (χ1v) is 16.2. The average Bonchev–Trinajstić information content (AvgIpc) is 3.17. The van der Waals surface area contributed by atoms with E-state index < -0.39 is 0 Å². The van der Waals surface area contributed by atoms with E-state index in [4.69, 9.17) is 11.6 Å². The van der Waals surface area contributed by atoms with Gasteiger partial charge in [-0.25, -0.2) is 0 Å². The Morgan fingerprint density at radius 2 is 1.79 bits per heavy atom. The van der Waals surface area contributed by atoms with Gasteiger partial charge in [0, 0.05) is 5.25 Å². The topological polar surface area (TPSA) is 17.1 Å². The molecule has 0 saturated heterocycles. The maximum Gasteiger partial charge on any atom is 0.207 e. The zero-order valence-electron chi connectivity index (χ0n) is 22.5. The van der Waals surface area contributed by atoms with Crippen molar-refractivity contribution in [1.29, 1.82) is 0 Å². The lowest BCUT2D eigenvalue weighted by atomic mass is 9.47. The minimum atomic E-state index is -0.314. The van der Waals surface area contributed by atoms with Gasteiger partial charge in [-0.15, -0.1) is 11.6 Å². The fourth-order valence-electron chi connectivity index (χ4n) is 8.89. The molecule has 0 heterocycles. The molecule has 3 saturated carbocycles. The van der Waals surface area contributed by atoms with E-state index >= 15 is 0 Å². The van der Waals surface area contributed by atoms with Crippen LogP contribution < -0.4 is 0 Å². The van der Waals surface area contributed by atoms with Gasteiger partial charge in [0.1, 0.15) is 5.38 Å².